The summed E-state index contributed by atoms with van der Waals surface area (Å²) in [6, 6.07) is 27.0. The highest BCUT2D eigenvalue weighted by Gasteiger charge is 2.35. The zero-order chi connectivity index (χ0) is 33.4. The maximum atomic E-state index is 14.6. The highest BCUT2D eigenvalue weighted by molar-refractivity contribution is 7.92. The Kier molecular flexibility index (Phi) is 10.9. The van der Waals surface area contributed by atoms with Crippen molar-refractivity contribution in [3.05, 3.63) is 126 Å². The number of hydrogen-bond acceptors (Lipinski definition) is 5. The van der Waals surface area contributed by atoms with Crippen LogP contribution in [-0.4, -0.2) is 50.9 Å². The Labute approximate surface area is 276 Å². The molecule has 0 bridgehead atoms. The fourth-order valence-electron chi connectivity index (χ4n) is 5.82. The van der Waals surface area contributed by atoms with Crippen molar-refractivity contribution >= 4 is 27.5 Å². The fourth-order valence-corrected chi connectivity index (χ4v) is 7.24. The van der Waals surface area contributed by atoms with Crippen molar-refractivity contribution in [1.82, 2.24) is 10.2 Å². The summed E-state index contributed by atoms with van der Waals surface area (Å²) in [7, 11) is -2.72. The molecule has 0 aromatic heterocycles. The van der Waals surface area contributed by atoms with Crippen LogP contribution in [0.2, 0.25) is 0 Å². The minimum atomic E-state index is -4.23. The Hall–Kier alpha value is -4.70. The van der Waals surface area contributed by atoms with Crippen molar-refractivity contribution in [1.29, 1.82) is 0 Å². The molecule has 2 amide bonds. The number of nitrogens with one attached hydrogen (secondary N) is 1. The van der Waals surface area contributed by atoms with E-state index in [1.54, 1.807) is 48.5 Å². The van der Waals surface area contributed by atoms with Crippen LogP contribution in [0.15, 0.2) is 108 Å². The van der Waals surface area contributed by atoms with Gasteiger partial charge >= 0.3 is 0 Å². The van der Waals surface area contributed by atoms with Crippen molar-refractivity contribution in [3.63, 3.8) is 0 Å². The number of aryl methyl sites for hydroxylation is 1. The van der Waals surface area contributed by atoms with Crippen LogP contribution in [0.5, 0.6) is 5.75 Å². The van der Waals surface area contributed by atoms with Gasteiger partial charge in [-0.05, 0) is 79.4 Å². The SMILES string of the molecule is COc1ccc(N(CC(=O)N(Cc2ccc(F)cc2)[C@H](Cc2ccccc2)C(=O)NC2CCCC2)S(=O)(=O)c2ccc(C)cc2)cc1. The molecule has 1 atom stereocenters. The van der Waals surface area contributed by atoms with E-state index < -0.39 is 34.3 Å². The summed E-state index contributed by atoms with van der Waals surface area (Å²) in [5.74, 6) is -0.796. The standard InChI is InChI=1S/C37H40FN3O5S/c1-27-12-22-34(23-13-27)47(44,45)41(32-18-20-33(46-2)21-19-32)26-36(42)40(25-29-14-16-30(38)17-15-29)35(24-28-8-4-3-5-9-28)37(43)39-31-10-6-7-11-31/h3-5,8-9,12-23,31,35H,6-7,10-11,24-26H2,1-2H3,(H,39,43)/t35-/m1/s1. The zero-order valence-electron chi connectivity index (χ0n) is 26.6. The summed E-state index contributed by atoms with van der Waals surface area (Å²) in [4.78, 5) is 30.1. The summed E-state index contributed by atoms with van der Waals surface area (Å²) in [6.45, 7) is 1.25. The minimum absolute atomic E-state index is 0.00117. The average molecular weight is 658 g/mol. The topological polar surface area (TPSA) is 96.0 Å². The first-order valence-corrected chi connectivity index (χ1v) is 17.2. The van der Waals surface area contributed by atoms with Crippen LogP contribution in [0, 0.1) is 12.7 Å². The van der Waals surface area contributed by atoms with Gasteiger partial charge in [-0.25, -0.2) is 12.8 Å². The lowest BCUT2D eigenvalue weighted by Crippen LogP contribution is -2.54. The predicted molar refractivity (Wildman–Crippen MR) is 180 cm³/mol. The van der Waals surface area contributed by atoms with E-state index in [2.05, 4.69) is 5.32 Å². The first-order valence-electron chi connectivity index (χ1n) is 15.8. The van der Waals surface area contributed by atoms with Gasteiger partial charge in [0.25, 0.3) is 10.0 Å². The lowest BCUT2D eigenvalue weighted by atomic mass is 10.0. The smallest absolute Gasteiger partial charge is 0.264 e. The van der Waals surface area contributed by atoms with E-state index in [0.29, 0.717) is 11.3 Å². The number of carbonyl (C=O) groups is 2. The van der Waals surface area contributed by atoms with Crippen molar-refractivity contribution in [2.45, 2.75) is 62.6 Å². The molecule has 1 aliphatic rings. The quantitative estimate of drug-likeness (QED) is 0.189. The van der Waals surface area contributed by atoms with Crippen LogP contribution in [0.3, 0.4) is 0 Å². The molecule has 5 rings (SSSR count). The number of amides is 2. The van der Waals surface area contributed by atoms with Crippen molar-refractivity contribution in [2.75, 3.05) is 18.0 Å². The summed E-state index contributed by atoms with van der Waals surface area (Å²) in [5.41, 5.74) is 2.59. The number of methoxy groups -OCH3 is 1. The lowest BCUT2D eigenvalue weighted by Gasteiger charge is -2.34. The Bertz CT molecular complexity index is 1740. The first kappa shape index (κ1) is 33.7. The zero-order valence-corrected chi connectivity index (χ0v) is 27.5. The second-order valence-electron chi connectivity index (χ2n) is 11.9. The molecule has 4 aromatic carbocycles. The predicted octanol–water partition coefficient (Wildman–Crippen LogP) is 6.04. The highest BCUT2D eigenvalue weighted by Crippen LogP contribution is 2.27. The molecule has 0 saturated heterocycles. The van der Waals surface area contributed by atoms with Gasteiger partial charge in [0.05, 0.1) is 17.7 Å². The van der Waals surface area contributed by atoms with Gasteiger partial charge in [-0.3, -0.25) is 13.9 Å². The second kappa shape index (κ2) is 15.3. The molecule has 1 saturated carbocycles. The van der Waals surface area contributed by atoms with Gasteiger partial charge in [-0.2, -0.15) is 0 Å². The molecule has 246 valence electrons. The summed E-state index contributed by atoms with van der Waals surface area (Å²) >= 11 is 0. The lowest BCUT2D eigenvalue weighted by molar-refractivity contribution is -0.140. The van der Waals surface area contributed by atoms with E-state index in [4.69, 9.17) is 4.74 Å². The summed E-state index contributed by atoms with van der Waals surface area (Å²) in [6.07, 6.45) is 3.95. The van der Waals surface area contributed by atoms with E-state index in [9.17, 15) is 22.4 Å². The fraction of sp³-hybridized carbons (Fsp3) is 0.297. The van der Waals surface area contributed by atoms with Crippen molar-refractivity contribution < 1.29 is 27.1 Å². The molecule has 8 nitrogen and oxygen atoms in total. The van der Waals surface area contributed by atoms with Gasteiger partial charge in [-0.15, -0.1) is 0 Å². The van der Waals surface area contributed by atoms with Crippen molar-refractivity contribution in [2.24, 2.45) is 0 Å². The van der Waals surface area contributed by atoms with Gasteiger partial charge in [0.2, 0.25) is 11.8 Å². The molecule has 0 unspecified atom stereocenters. The van der Waals surface area contributed by atoms with E-state index in [-0.39, 0.29) is 35.5 Å². The number of hydrogen-bond donors (Lipinski definition) is 1. The van der Waals surface area contributed by atoms with Crippen LogP contribution in [0.4, 0.5) is 10.1 Å². The number of nitrogens with zero attached hydrogens (tertiary/aromatic N) is 2. The van der Waals surface area contributed by atoms with Crippen LogP contribution >= 0.6 is 0 Å². The molecular formula is C37H40FN3O5S. The minimum Gasteiger partial charge on any atom is -0.497 e. The number of ether oxygens (including phenoxy) is 1. The molecule has 0 heterocycles. The van der Waals surface area contributed by atoms with Crippen LogP contribution in [0.25, 0.3) is 0 Å². The number of sulfonamides is 1. The van der Waals surface area contributed by atoms with Gasteiger partial charge in [-0.1, -0.05) is 73.0 Å². The number of halogens is 1. The van der Waals surface area contributed by atoms with Gasteiger partial charge in [0.1, 0.15) is 24.2 Å². The molecular weight excluding hydrogens is 617 g/mol. The van der Waals surface area contributed by atoms with E-state index in [0.717, 1.165) is 41.1 Å². The number of rotatable bonds is 13. The molecule has 0 spiro atoms. The number of benzene rings is 4. The summed E-state index contributed by atoms with van der Waals surface area (Å²) in [5, 5.41) is 3.15. The monoisotopic (exact) mass is 657 g/mol. The second-order valence-corrected chi connectivity index (χ2v) is 13.7. The molecule has 0 radical (unpaired) electrons. The third-order valence-corrected chi connectivity index (χ3v) is 10.3. The largest absolute Gasteiger partial charge is 0.497 e. The Morgan fingerprint density at radius 2 is 1.51 bits per heavy atom. The van der Waals surface area contributed by atoms with Crippen LogP contribution in [0.1, 0.15) is 42.4 Å². The first-order chi connectivity index (χ1) is 22.6. The molecule has 4 aromatic rings. The molecule has 1 fully saturated rings. The van der Waals surface area contributed by atoms with Gasteiger partial charge < -0.3 is 15.0 Å². The van der Waals surface area contributed by atoms with Crippen molar-refractivity contribution in [3.8, 4) is 5.75 Å². The van der Waals surface area contributed by atoms with Crippen LogP contribution in [-0.2, 0) is 32.6 Å². The molecule has 47 heavy (non-hydrogen) atoms. The van der Waals surface area contributed by atoms with Gasteiger partial charge in [0.15, 0.2) is 0 Å². The van der Waals surface area contributed by atoms with E-state index >= 15 is 0 Å². The Balaban J connectivity index is 1.56. The molecule has 1 aliphatic carbocycles. The van der Waals surface area contributed by atoms with Crippen LogP contribution < -0.4 is 14.4 Å². The number of anilines is 1. The third kappa shape index (κ3) is 8.56. The Morgan fingerprint density at radius 3 is 2.13 bits per heavy atom. The highest BCUT2D eigenvalue weighted by atomic mass is 32.2. The Morgan fingerprint density at radius 1 is 0.872 bits per heavy atom. The van der Waals surface area contributed by atoms with Gasteiger partial charge in [0, 0.05) is 19.0 Å². The maximum absolute atomic E-state index is 14.6. The maximum Gasteiger partial charge on any atom is 0.264 e. The average Bonchev–Trinajstić information content (AvgIpc) is 3.59. The normalized spacial score (nSPS) is 13.9. The van der Waals surface area contributed by atoms with E-state index in [1.165, 1.54) is 36.3 Å². The van der Waals surface area contributed by atoms with E-state index in [1.807, 2.05) is 37.3 Å². The molecule has 10 heteroatoms. The third-order valence-electron chi connectivity index (χ3n) is 8.49. The summed E-state index contributed by atoms with van der Waals surface area (Å²) < 4.78 is 48.6. The molecule has 1 N–H and O–H groups in total. The number of carbonyl (C=O) groups excluding carboxylic acids is 2. The molecule has 0 aliphatic heterocycles.